The average Bonchev–Trinajstić information content (AvgIpc) is 3.63. The molecule has 0 unspecified atom stereocenters. The smallest absolute Gasteiger partial charge is 0.418 e. The Hall–Kier alpha value is -3.19. The van der Waals surface area contributed by atoms with Gasteiger partial charge in [0.25, 0.3) is 0 Å². The predicted octanol–water partition coefficient (Wildman–Crippen LogP) is 6.04. The third kappa shape index (κ3) is 4.70. The molecule has 5 heterocycles. The number of hydrogen-bond acceptors (Lipinski definition) is 8. The molecule has 8 nitrogen and oxygen atoms in total. The van der Waals surface area contributed by atoms with Gasteiger partial charge in [-0.25, -0.2) is 13.8 Å². The lowest BCUT2D eigenvalue weighted by Gasteiger charge is -2.34. The topological polar surface area (TPSA) is 89.6 Å². The van der Waals surface area contributed by atoms with Gasteiger partial charge in [-0.2, -0.15) is 23.1 Å². The number of rotatable bonds is 4. The van der Waals surface area contributed by atoms with Gasteiger partial charge < -0.3 is 20.1 Å². The van der Waals surface area contributed by atoms with Crippen LogP contribution in [-0.4, -0.2) is 71.0 Å². The molecule has 230 valence electrons. The molecule has 0 amide bonds. The lowest BCUT2D eigenvalue weighted by atomic mass is 9.95. The molecule has 4 aliphatic rings. The second-order valence-electron chi connectivity index (χ2n) is 12.1. The number of nitrogen functional groups attached to an aromatic ring is 1. The van der Waals surface area contributed by atoms with Crippen LogP contribution in [0.1, 0.15) is 44.1 Å². The summed E-state index contributed by atoms with van der Waals surface area (Å²) in [4.78, 5) is 17.3. The Kier molecular flexibility index (Phi) is 6.77. The van der Waals surface area contributed by atoms with Gasteiger partial charge in [0.15, 0.2) is 5.82 Å². The Morgan fingerprint density at radius 1 is 1.19 bits per heavy atom. The summed E-state index contributed by atoms with van der Waals surface area (Å²) in [7, 11) is 1.84. The van der Waals surface area contributed by atoms with Gasteiger partial charge in [0.05, 0.1) is 22.7 Å². The van der Waals surface area contributed by atoms with Gasteiger partial charge in [-0.05, 0) is 44.4 Å². The predicted molar refractivity (Wildman–Crippen MR) is 151 cm³/mol. The number of fused-ring (bicyclic) bond motifs is 2. The van der Waals surface area contributed by atoms with E-state index in [2.05, 4.69) is 19.9 Å². The first-order valence-electron chi connectivity index (χ1n) is 14.4. The zero-order valence-corrected chi connectivity index (χ0v) is 24.1. The van der Waals surface area contributed by atoms with E-state index in [1.165, 1.54) is 0 Å². The number of aromatic nitrogens is 3. The third-order valence-corrected chi connectivity index (χ3v) is 9.78. The summed E-state index contributed by atoms with van der Waals surface area (Å²) >= 11 is 6.00. The van der Waals surface area contributed by atoms with Crippen molar-refractivity contribution in [3.63, 3.8) is 0 Å². The highest BCUT2D eigenvalue weighted by atomic mass is 35.5. The monoisotopic (exact) mass is 624 g/mol. The minimum Gasteiger partial charge on any atom is -0.477 e. The lowest BCUT2D eigenvalue weighted by molar-refractivity contribution is -0.137. The first kappa shape index (κ1) is 28.6. The normalized spacial score (nSPS) is 27.1. The van der Waals surface area contributed by atoms with Crippen molar-refractivity contribution in [3.05, 3.63) is 28.5 Å². The van der Waals surface area contributed by atoms with Gasteiger partial charge >= 0.3 is 12.2 Å². The van der Waals surface area contributed by atoms with E-state index in [0.717, 1.165) is 50.8 Å². The number of halogens is 6. The number of nitrogens with two attached hydrogens (primary N) is 1. The number of benzene rings is 1. The summed E-state index contributed by atoms with van der Waals surface area (Å²) < 4.78 is 85.7. The molecule has 7 rings (SSSR count). The molecule has 0 spiro atoms. The fourth-order valence-corrected chi connectivity index (χ4v) is 7.86. The van der Waals surface area contributed by atoms with Crippen LogP contribution in [0, 0.1) is 11.7 Å². The first-order valence-corrected chi connectivity index (χ1v) is 14.8. The van der Waals surface area contributed by atoms with Crippen molar-refractivity contribution in [2.24, 2.45) is 5.92 Å². The Morgan fingerprint density at radius 3 is 2.79 bits per heavy atom. The number of anilines is 2. The molecule has 0 bridgehead atoms. The van der Waals surface area contributed by atoms with Gasteiger partial charge in [-0.1, -0.05) is 18.0 Å². The van der Waals surface area contributed by atoms with Crippen LogP contribution in [0.15, 0.2) is 12.1 Å². The standard InChI is InChI=1S/C29H30ClF5N6O2/c1-40-19-5-2-4-14(19)12-42-26-20-24(22(32)23(37-26)17-8-16(36)9-18(30)21(17)29(33,34)35)38-27(39-25(20)40)43-13-28-6-3-7-41(28)11-15(31)10-28/h8-9,14-15,19H,2-7,10-13,36H2,1H3/t14-,15-,19-,28+/m1/s1. The second kappa shape index (κ2) is 10.2. The molecule has 43 heavy (non-hydrogen) atoms. The molecule has 1 saturated carbocycles. The largest absolute Gasteiger partial charge is 0.477 e. The quantitative estimate of drug-likeness (QED) is 0.278. The molecular weight excluding hydrogens is 595 g/mol. The van der Waals surface area contributed by atoms with Gasteiger partial charge in [0.2, 0.25) is 5.88 Å². The highest BCUT2D eigenvalue weighted by molar-refractivity contribution is 6.32. The molecule has 1 aliphatic carbocycles. The van der Waals surface area contributed by atoms with E-state index in [1.54, 1.807) is 0 Å². The molecule has 3 fully saturated rings. The van der Waals surface area contributed by atoms with Crippen molar-refractivity contribution in [2.75, 3.05) is 44.0 Å². The summed E-state index contributed by atoms with van der Waals surface area (Å²) in [5.41, 5.74) is 2.40. The number of nitrogens with zero attached hydrogens (tertiary/aromatic N) is 5. The van der Waals surface area contributed by atoms with E-state index < -0.39 is 45.5 Å². The van der Waals surface area contributed by atoms with Gasteiger partial charge in [-0.3, -0.25) is 4.90 Å². The van der Waals surface area contributed by atoms with Crippen molar-refractivity contribution in [2.45, 2.75) is 62.5 Å². The summed E-state index contributed by atoms with van der Waals surface area (Å²) in [6.45, 7) is 1.42. The van der Waals surface area contributed by atoms with Crippen LogP contribution in [-0.2, 0) is 6.18 Å². The van der Waals surface area contributed by atoms with E-state index in [4.69, 9.17) is 26.8 Å². The highest BCUT2D eigenvalue weighted by Crippen LogP contribution is 2.47. The molecular formula is C29H30ClF5N6O2. The maximum absolute atomic E-state index is 16.5. The van der Waals surface area contributed by atoms with Crippen LogP contribution in [0.2, 0.25) is 5.02 Å². The number of alkyl halides is 4. The summed E-state index contributed by atoms with van der Waals surface area (Å²) in [5, 5.41) is -0.549. The van der Waals surface area contributed by atoms with E-state index in [0.29, 0.717) is 18.8 Å². The minimum atomic E-state index is -4.93. The molecule has 4 atom stereocenters. The summed E-state index contributed by atoms with van der Waals surface area (Å²) in [5.74, 6) is -0.804. The summed E-state index contributed by atoms with van der Waals surface area (Å²) in [6, 6.07) is 1.83. The van der Waals surface area contributed by atoms with Crippen molar-refractivity contribution >= 4 is 34.0 Å². The molecule has 0 radical (unpaired) electrons. The number of hydrogen-bond donors (Lipinski definition) is 1. The average molecular weight is 625 g/mol. The molecule has 3 aliphatic heterocycles. The lowest BCUT2D eigenvalue weighted by Crippen LogP contribution is -2.43. The van der Waals surface area contributed by atoms with E-state index in [1.807, 2.05) is 11.9 Å². The molecule has 2 saturated heterocycles. The number of ether oxygens (including phenoxy) is 2. The zero-order valence-electron chi connectivity index (χ0n) is 23.4. The van der Waals surface area contributed by atoms with Crippen molar-refractivity contribution < 1.29 is 31.4 Å². The molecule has 14 heteroatoms. The maximum Gasteiger partial charge on any atom is 0.418 e. The Balaban J connectivity index is 1.41. The molecule has 2 aromatic heterocycles. The molecule has 1 aromatic carbocycles. The Labute approximate surface area is 249 Å². The SMILES string of the molecule is CN1c2nc(OC[C@@]34CCCN3C[C@H](F)C4)nc3c(F)c(-c4cc(N)cc(Cl)c4C(F)(F)F)nc(c23)OC[C@H]2CCC[C@H]21. The Morgan fingerprint density at radius 2 is 2.00 bits per heavy atom. The van der Waals surface area contributed by atoms with Crippen LogP contribution in [0.4, 0.5) is 33.5 Å². The third-order valence-electron chi connectivity index (χ3n) is 9.48. The molecule has 3 aromatic rings. The zero-order chi connectivity index (χ0) is 30.3. The van der Waals surface area contributed by atoms with Crippen molar-refractivity contribution in [1.29, 1.82) is 0 Å². The maximum atomic E-state index is 16.5. The highest BCUT2D eigenvalue weighted by Gasteiger charge is 2.49. The van der Waals surface area contributed by atoms with E-state index >= 15 is 4.39 Å². The van der Waals surface area contributed by atoms with Crippen LogP contribution in [0.25, 0.3) is 22.2 Å². The summed E-state index contributed by atoms with van der Waals surface area (Å²) in [6.07, 6.45) is -1.25. The fraction of sp³-hybridized carbons (Fsp3) is 0.552. The van der Waals surface area contributed by atoms with Crippen LogP contribution >= 0.6 is 11.6 Å². The van der Waals surface area contributed by atoms with Crippen molar-refractivity contribution in [1.82, 2.24) is 19.9 Å². The van der Waals surface area contributed by atoms with Gasteiger partial charge in [0, 0.05) is 43.2 Å². The molecule has 2 N–H and O–H groups in total. The number of pyridine rings is 1. The van der Waals surface area contributed by atoms with Crippen molar-refractivity contribution in [3.8, 4) is 23.1 Å². The van der Waals surface area contributed by atoms with Crippen LogP contribution < -0.4 is 20.1 Å². The van der Waals surface area contributed by atoms with Crippen LogP contribution in [0.5, 0.6) is 11.9 Å². The van der Waals surface area contributed by atoms with Gasteiger partial charge in [0.1, 0.15) is 35.2 Å². The Bertz CT molecular complexity index is 1610. The van der Waals surface area contributed by atoms with Crippen LogP contribution in [0.3, 0.4) is 0 Å². The first-order chi connectivity index (χ1) is 20.4. The fourth-order valence-electron chi connectivity index (χ4n) is 7.52. The minimum absolute atomic E-state index is 0.0393. The van der Waals surface area contributed by atoms with E-state index in [-0.39, 0.29) is 53.7 Å². The van der Waals surface area contributed by atoms with E-state index in [9.17, 15) is 17.6 Å². The van der Waals surface area contributed by atoms with Gasteiger partial charge in [-0.15, -0.1) is 0 Å². The second-order valence-corrected chi connectivity index (χ2v) is 12.5.